The summed E-state index contributed by atoms with van der Waals surface area (Å²) in [6.45, 7) is 3.61. The van der Waals surface area contributed by atoms with E-state index < -0.39 is 99.4 Å². The van der Waals surface area contributed by atoms with Crippen LogP contribution in [-0.4, -0.2) is 80.8 Å². The quantitative estimate of drug-likeness (QED) is 0.443. The van der Waals surface area contributed by atoms with Gasteiger partial charge >= 0.3 is 6.18 Å². The van der Waals surface area contributed by atoms with Crippen molar-refractivity contribution in [1.29, 1.82) is 0 Å². The van der Waals surface area contributed by atoms with Crippen molar-refractivity contribution in [2.45, 2.75) is 70.1 Å². The number of halogens is 3. The highest BCUT2D eigenvalue weighted by molar-refractivity contribution is 6.32. The van der Waals surface area contributed by atoms with Gasteiger partial charge in [0.05, 0.1) is 23.1 Å². The second kappa shape index (κ2) is 9.43. The molecular weight excluding hydrogens is 547 g/mol. The molecule has 0 aromatic heterocycles. The Morgan fingerprint density at radius 1 is 1.12 bits per heavy atom. The third kappa shape index (κ3) is 3.92. The van der Waals surface area contributed by atoms with Crippen LogP contribution in [0, 0.1) is 23.7 Å². The van der Waals surface area contributed by atoms with Gasteiger partial charge in [-0.25, -0.2) is 0 Å². The van der Waals surface area contributed by atoms with Crippen LogP contribution < -0.4 is 5.73 Å². The average Bonchev–Trinajstić information content (AvgIpc) is 3.29. The first-order valence-electron chi connectivity index (χ1n) is 13.5. The number of benzene rings is 1. The molecule has 0 bridgehead atoms. The van der Waals surface area contributed by atoms with Crippen molar-refractivity contribution in [2.75, 3.05) is 14.1 Å². The van der Waals surface area contributed by atoms with E-state index >= 15 is 0 Å². The van der Waals surface area contributed by atoms with Crippen molar-refractivity contribution in [3.63, 3.8) is 0 Å². The van der Waals surface area contributed by atoms with Crippen LogP contribution in [-0.2, 0) is 44.9 Å². The number of hydrogen-bond donors (Lipinski definition) is 3. The summed E-state index contributed by atoms with van der Waals surface area (Å²) in [7, 11) is 2.86. The van der Waals surface area contributed by atoms with Crippen LogP contribution in [0.2, 0.25) is 0 Å². The number of aromatic hydroxyl groups is 1. The van der Waals surface area contributed by atoms with Crippen LogP contribution in [0.3, 0.4) is 0 Å². The molecule has 2 saturated carbocycles. The van der Waals surface area contributed by atoms with Gasteiger partial charge in [-0.15, -0.1) is 0 Å². The fourth-order valence-corrected chi connectivity index (χ4v) is 7.57. The molecule has 1 heterocycles. The van der Waals surface area contributed by atoms with Crippen LogP contribution >= 0.6 is 0 Å². The van der Waals surface area contributed by atoms with Gasteiger partial charge in [0.15, 0.2) is 34.7 Å². The molecule has 2 unspecified atom stereocenters. The fraction of sp³-hybridized carbons (Fsp3) is 0.607. The number of aliphatic hydroxyl groups is 1. The van der Waals surface area contributed by atoms with Crippen LogP contribution in [0.1, 0.15) is 59.3 Å². The summed E-state index contributed by atoms with van der Waals surface area (Å²) in [6, 6.07) is -1.45. The molecule has 4 aliphatic rings. The number of carbonyl (C=O) groups excluding carboxylic acids is 5. The maximum atomic E-state index is 14.7. The number of fused-ring (bicyclic) bond motifs is 4. The van der Waals surface area contributed by atoms with Crippen molar-refractivity contribution < 1.29 is 47.4 Å². The topological polar surface area (TPSA) is 158 Å². The summed E-state index contributed by atoms with van der Waals surface area (Å²) >= 11 is 0. The molecule has 1 aromatic rings. The van der Waals surface area contributed by atoms with Gasteiger partial charge in [0.25, 0.3) is 0 Å². The molecule has 1 amide bonds. The third-order valence-corrected chi connectivity index (χ3v) is 9.67. The van der Waals surface area contributed by atoms with Crippen LogP contribution in [0.4, 0.5) is 13.2 Å². The van der Waals surface area contributed by atoms with Gasteiger partial charge in [-0.3, -0.25) is 33.8 Å². The summed E-state index contributed by atoms with van der Waals surface area (Å²) < 4.78 is 44.0. The molecule has 1 aliphatic heterocycles. The van der Waals surface area contributed by atoms with Gasteiger partial charge in [0, 0.05) is 30.6 Å². The van der Waals surface area contributed by atoms with Gasteiger partial charge in [0.1, 0.15) is 5.75 Å². The van der Waals surface area contributed by atoms with E-state index in [2.05, 4.69) is 0 Å². The Balaban J connectivity index is 1.69. The Morgan fingerprint density at radius 3 is 2.27 bits per heavy atom. The molecule has 0 spiro atoms. The Bertz CT molecular complexity index is 1410. The zero-order chi connectivity index (χ0) is 30.5. The third-order valence-electron chi connectivity index (χ3n) is 9.67. The molecular formula is C28H32F3N3O7. The predicted octanol–water partition coefficient (Wildman–Crippen LogP) is 1.000. The highest BCUT2D eigenvalue weighted by Gasteiger charge is 2.69. The van der Waals surface area contributed by atoms with E-state index in [-0.39, 0.29) is 36.7 Å². The molecule has 2 fully saturated rings. The Morgan fingerprint density at radius 2 is 1.73 bits per heavy atom. The van der Waals surface area contributed by atoms with Crippen molar-refractivity contribution in [3.8, 4) is 5.75 Å². The minimum Gasteiger partial charge on any atom is -0.507 e. The van der Waals surface area contributed by atoms with Crippen LogP contribution in [0.15, 0.2) is 0 Å². The highest BCUT2D eigenvalue weighted by Crippen LogP contribution is 2.54. The number of alkyl halides is 3. The number of phenols is 1. The number of likely N-dealkylation sites (N-methyl/N-ethyl adjacent to an activating group) is 1. The minimum absolute atomic E-state index is 0.0285. The molecule has 1 aromatic carbocycles. The summed E-state index contributed by atoms with van der Waals surface area (Å²) in [4.78, 5) is 69.5. The van der Waals surface area contributed by atoms with E-state index in [1.54, 1.807) is 4.90 Å². The lowest BCUT2D eigenvalue weighted by Crippen LogP contribution is -2.74. The number of nitrogens with two attached hydrogens (primary N) is 1. The number of rotatable bonds is 4. The lowest BCUT2D eigenvalue weighted by atomic mass is 9.52. The molecule has 13 heteroatoms. The Kier molecular flexibility index (Phi) is 6.75. The lowest BCUT2D eigenvalue weighted by Gasteiger charge is -2.52. The van der Waals surface area contributed by atoms with E-state index in [1.807, 2.05) is 13.8 Å². The number of primary amides is 1. The van der Waals surface area contributed by atoms with E-state index in [1.165, 1.54) is 19.0 Å². The fourth-order valence-electron chi connectivity index (χ4n) is 7.57. The number of carbonyl (C=O) groups is 5. The van der Waals surface area contributed by atoms with E-state index in [0.29, 0.717) is 6.42 Å². The summed E-state index contributed by atoms with van der Waals surface area (Å²) in [5, 5.41) is 22.8. The molecule has 10 nitrogen and oxygen atoms in total. The van der Waals surface area contributed by atoms with Gasteiger partial charge in [-0.1, -0.05) is 6.92 Å². The smallest absolute Gasteiger partial charge is 0.417 e. The number of hydrogen-bond acceptors (Lipinski definition) is 9. The monoisotopic (exact) mass is 579 g/mol. The summed E-state index contributed by atoms with van der Waals surface area (Å²) in [6.07, 6.45) is -5.00. The van der Waals surface area contributed by atoms with Crippen LogP contribution in [0.5, 0.6) is 5.75 Å². The molecule has 0 saturated heterocycles. The molecule has 3 aliphatic carbocycles. The number of nitrogens with zero attached hydrogens (tertiary/aromatic N) is 2. The van der Waals surface area contributed by atoms with Crippen molar-refractivity contribution >= 4 is 29.0 Å². The van der Waals surface area contributed by atoms with Gasteiger partial charge in [0.2, 0.25) is 5.91 Å². The molecule has 222 valence electrons. The SMILES string of the molecule is CC[C@@H](C)N1Cc2c(O)c3c(c(C(F)(F)F)c2C1)C[C@H]1C[C@H]2[C@H](N(C)C)C(=O)C(C(N)=O)C(=O)[C@@]2(O)C(=O)C1C3=O. The molecule has 0 radical (unpaired) electrons. The number of phenolic OH excluding ortho intramolecular Hbond substituents is 1. The first-order valence-corrected chi connectivity index (χ1v) is 13.5. The van der Waals surface area contributed by atoms with Gasteiger partial charge in [-0.2, -0.15) is 13.2 Å². The Hall–Kier alpha value is -3.16. The van der Waals surface area contributed by atoms with E-state index in [4.69, 9.17) is 5.73 Å². The van der Waals surface area contributed by atoms with Gasteiger partial charge < -0.3 is 15.9 Å². The van der Waals surface area contributed by atoms with Crippen molar-refractivity contribution in [3.05, 3.63) is 27.8 Å². The summed E-state index contributed by atoms with van der Waals surface area (Å²) in [5.41, 5.74) is 0.139. The zero-order valence-corrected chi connectivity index (χ0v) is 23.0. The number of ketones is 4. The number of Topliss-reactive ketones (excluding diaryl/α,β-unsaturated/α-hetero) is 4. The van der Waals surface area contributed by atoms with Crippen molar-refractivity contribution in [2.24, 2.45) is 29.4 Å². The maximum absolute atomic E-state index is 14.7. The zero-order valence-electron chi connectivity index (χ0n) is 23.0. The lowest BCUT2D eigenvalue weighted by molar-refractivity contribution is -0.181. The maximum Gasteiger partial charge on any atom is 0.417 e. The normalized spacial score (nSPS) is 32.5. The predicted molar refractivity (Wildman–Crippen MR) is 135 cm³/mol. The largest absolute Gasteiger partial charge is 0.507 e. The minimum atomic E-state index is -4.88. The number of amides is 1. The van der Waals surface area contributed by atoms with Crippen LogP contribution in [0.25, 0.3) is 0 Å². The second-order valence-corrected chi connectivity index (χ2v) is 12.0. The first-order chi connectivity index (χ1) is 19.0. The molecule has 41 heavy (non-hydrogen) atoms. The Labute approximate surface area is 233 Å². The first kappa shape index (κ1) is 29.3. The van der Waals surface area contributed by atoms with Crippen molar-refractivity contribution in [1.82, 2.24) is 9.80 Å². The molecule has 4 N–H and O–H groups in total. The highest BCUT2D eigenvalue weighted by atomic mass is 19.4. The molecule has 7 atom stereocenters. The summed E-state index contributed by atoms with van der Waals surface area (Å²) in [5.74, 6) is -13.2. The van der Waals surface area contributed by atoms with E-state index in [0.717, 1.165) is 0 Å². The molecule has 5 rings (SSSR count). The average molecular weight is 580 g/mol. The van der Waals surface area contributed by atoms with E-state index in [9.17, 15) is 47.4 Å². The standard InChI is InChI=1S/C28H32F3N3O7/c1-5-10(2)34-8-13-14(9-34)21(35)17-12(19(13)28(29,30)31)6-11-7-15-20(33(3)4)23(37)18(26(32)40)25(39)27(15,41)24(38)16(11)22(17)36/h10-11,15-16,18,20,35,41H,5-9H2,1-4H3,(H2,32,40)/t10-,11+,15+,16?,18?,20+,27+/m1/s1. The van der Waals surface area contributed by atoms with Gasteiger partial charge in [-0.05, 0) is 57.3 Å². The second-order valence-electron chi connectivity index (χ2n) is 12.0.